The van der Waals surface area contributed by atoms with Crippen LogP contribution in [0.4, 0.5) is 0 Å². The first-order valence-corrected chi connectivity index (χ1v) is 8.02. The number of benzene rings is 1. The minimum Gasteiger partial charge on any atom is -0.361 e. The molecule has 0 bridgehead atoms. The summed E-state index contributed by atoms with van der Waals surface area (Å²) in [6.45, 7) is 6.26. The van der Waals surface area contributed by atoms with Crippen molar-refractivity contribution in [3.8, 4) is 11.1 Å². The Balaban J connectivity index is 1.95. The monoisotopic (exact) mass is 295 g/mol. The highest BCUT2D eigenvalue weighted by molar-refractivity contribution is 5.86. The lowest BCUT2D eigenvalue weighted by molar-refractivity contribution is 0.391. The molecule has 0 amide bonds. The van der Waals surface area contributed by atoms with Crippen LogP contribution in [0.15, 0.2) is 16.7 Å². The Hall–Kier alpha value is -2.10. The lowest BCUT2D eigenvalue weighted by atomic mass is 9.99. The van der Waals surface area contributed by atoms with Gasteiger partial charge in [0.15, 0.2) is 0 Å². The molecule has 22 heavy (non-hydrogen) atoms. The van der Waals surface area contributed by atoms with Gasteiger partial charge in [0.2, 0.25) is 0 Å². The second kappa shape index (κ2) is 4.70. The van der Waals surface area contributed by atoms with Crippen LogP contribution in [0.2, 0.25) is 0 Å². The van der Waals surface area contributed by atoms with E-state index in [1.165, 1.54) is 35.3 Å². The smallest absolute Gasteiger partial charge is 0.141 e. The highest BCUT2D eigenvalue weighted by Crippen LogP contribution is 2.41. The van der Waals surface area contributed by atoms with Gasteiger partial charge in [-0.25, -0.2) is 4.98 Å². The highest BCUT2D eigenvalue weighted by Gasteiger charge is 2.29. The lowest BCUT2D eigenvalue weighted by Gasteiger charge is -2.06. The van der Waals surface area contributed by atoms with Crippen molar-refractivity contribution in [3.63, 3.8) is 0 Å². The maximum atomic E-state index is 5.39. The highest BCUT2D eigenvalue weighted by atomic mass is 16.5. The zero-order chi connectivity index (χ0) is 15.4. The minimum atomic E-state index is 0.656. The molecule has 1 aliphatic rings. The van der Waals surface area contributed by atoms with Gasteiger partial charge in [-0.1, -0.05) is 12.1 Å². The van der Waals surface area contributed by atoms with E-state index in [1.54, 1.807) is 0 Å². The third-order valence-corrected chi connectivity index (χ3v) is 4.69. The van der Waals surface area contributed by atoms with Gasteiger partial charge in [0.05, 0.1) is 16.7 Å². The average molecular weight is 295 g/mol. The van der Waals surface area contributed by atoms with Crippen molar-refractivity contribution in [2.45, 2.75) is 46.0 Å². The molecule has 0 unspecified atom stereocenters. The zero-order valence-electron chi connectivity index (χ0n) is 13.6. The first-order chi connectivity index (χ1) is 10.6. The quantitative estimate of drug-likeness (QED) is 0.724. The van der Waals surface area contributed by atoms with Gasteiger partial charge in [-0.2, -0.15) is 0 Å². The van der Waals surface area contributed by atoms with E-state index in [0.29, 0.717) is 5.92 Å². The number of rotatable bonds is 3. The molecule has 1 fully saturated rings. The van der Waals surface area contributed by atoms with Crippen molar-refractivity contribution in [2.24, 2.45) is 7.05 Å². The Morgan fingerprint density at radius 3 is 2.73 bits per heavy atom. The molecule has 114 valence electrons. The van der Waals surface area contributed by atoms with Crippen molar-refractivity contribution in [1.29, 1.82) is 0 Å². The number of hydrogen-bond acceptors (Lipinski definition) is 3. The maximum absolute atomic E-state index is 5.39. The molecule has 2 aromatic heterocycles. The minimum absolute atomic E-state index is 0.656. The van der Waals surface area contributed by atoms with Gasteiger partial charge in [0.25, 0.3) is 0 Å². The molecular weight excluding hydrogens is 274 g/mol. The summed E-state index contributed by atoms with van der Waals surface area (Å²) in [7, 11) is 2.14. The molecule has 0 aliphatic heterocycles. The van der Waals surface area contributed by atoms with Crippen molar-refractivity contribution in [1.82, 2.24) is 14.7 Å². The van der Waals surface area contributed by atoms with E-state index < -0.39 is 0 Å². The van der Waals surface area contributed by atoms with Crippen LogP contribution in [-0.4, -0.2) is 14.7 Å². The molecule has 1 aliphatic carbocycles. The molecule has 4 rings (SSSR count). The fourth-order valence-corrected chi connectivity index (χ4v) is 3.48. The summed E-state index contributed by atoms with van der Waals surface area (Å²) < 4.78 is 7.67. The normalized spacial score (nSPS) is 14.9. The van der Waals surface area contributed by atoms with E-state index in [2.05, 4.69) is 42.8 Å². The molecule has 1 saturated carbocycles. The van der Waals surface area contributed by atoms with Gasteiger partial charge in [-0.3, -0.25) is 0 Å². The van der Waals surface area contributed by atoms with E-state index in [9.17, 15) is 0 Å². The Kier molecular flexibility index (Phi) is 2.90. The third-order valence-electron chi connectivity index (χ3n) is 4.69. The molecule has 0 N–H and O–H groups in total. The molecule has 0 atom stereocenters. The van der Waals surface area contributed by atoms with E-state index in [4.69, 9.17) is 9.51 Å². The summed E-state index contributed by atoms with van der Waals surface area (Å²) in [6.07, 6.45) is 3.42. The van der Waals surface area contributed by atoms with Crippen LogP contribution in [0.25, 0.3) is 22.2 Å². The lowest BCUT2D eigenvalue weighted by Crippen LogP contribution is -1.96. The summed E-state index contributed by atoms with van der Waals surface area (Å²) >= 11 is 0. The van der Waals surface area contributed by atoms with Crippen LogP contribution in [0.1, 0.15) is 48.5 Å². The predicted molar refractivity (Wildman–Crippen MR) is 87.0 cm³/mol. The molecule has 4 nitrogen and oxygen atoms in total. The van der Waals surface area contributed by atoms with Crippen molar-refractivity contribution < 1.29 is 4.52 Å². The van der Waals surface area contributed by atoms with E-state index in [-0.39, 0.29) is 0 Å². The maximum Gasteiger partial charge on any atom is 0.141 e. The number of nitrogens with zero attached hydrogens (tertiary/aromatic N) is 3. The Morgan fingerprint density at radius 2 is 2.05 bits per heavy atom. The first-order valence-electron chi connectivity index (χ1n) is 8.02. The molecule has 3 aromatic rings. The summed E-state index contributed by atoms with van der Waals surface area (Å²) in [5, 5.41) is 4.18. The third kappa shape index (κ3) is 1.90. The molecule has 1 aromatic carbocycles. The predicted octanol–water partition coefficient (Wildman–Crippen LogP) is 4.28. The van der Waals surface area contributed by atoms with Crippen LogP contribution in [0.5, 0.6) is 0 Å². The van der Waals surface area contributed by atoms with Gasteiger partial charge in [0, 0.05) is 18.5 Å². The molecule has 0 saturated heterocycles. The van der Waals surface area contributed by atoms with Gasteiger partial charge < -0.3 is 9.09 Å². The van der Waals surface area contributed by atoms with Gasteiger partial charge in [0.1, 0.15) is 11.6 Å². The van der Waals surface area contributed by atoms with E-state index >= 15 is 0 Å². The fraction of sp³-hybridized carbons (Fsp3) is 0.444. The second-order valence-corrected chi connectivity index (χ2v) is 6.38. The van der Waals surface area contributed by atoms with E-state index in [1.807, 2.05) is 6.92 Å². The number of hydrogen-bond donors (Lipinski definition) is 0. The second-order valence-electron chi connectivity index (χ2n) is 6.38. The van der Waals surface area contributed by atoms with Crippen LogP contribution >= 0.6 is 0 Å². The zero-order valence-corrected chi connectivity index (χ0v) is 13.6. The summed E-state index contributed by atoms with van der Waals surface area (Å²) in [4.78, 5) is 4.90. The average Bonchev–Trinajstić information content (AvgIpc) is 3.18. The molecule has 0 radical (unpaired) electrons. The van der Waals surface area contributed by atoms with Crippen LogP contribution in [-0.2, 0) is 13.5 Å². The summed E-state index contributed by atoms with van der Waals surface area (Å²) in [5.41, 5.74) is 6.92. The van der Waals surface area contributed by atoms with Crippen LogP contribution < -0.4 is 0 Å². The largest absolute Gasteiger partial charge is 0.361 e. The van der Waals surface area contributed by atoms with E-state index in [0.717, 1.165) is 29.0 Å². The van der Waals surface area contributed by atoms with Crippen LogP contribution in [0, 0.1) is 13.8 Å². The number of fused-ring (bicyclic) bond motifs is 1. The van der Waals surface area contributed by atoms with Gasteiger partial charge >= 0.3 is 0 Å². The Morgan fingerprint density at radius 1 is 1.27 bits per heavy atom. The molecule has 2 heterocycles. The Bertz CT molecular complexity index is 868. The summed E-state index contributed by atoms with van der Waals surface area (Å²) in [6, 6.07) is 4.42. The number of aryl methyl sites for hydroxylation is 4. The number of aromatic nitrogens is 3. The van der Waals surface area contributed by atoms with Crippen molar-refractivity contribution >= 4 is 11.0 Å². The van der Waals surface area contributed by atoms with Crippen LogP contribution in [0.3, 0.4) is 0 Å². The van der Waals surface area contributed by atoms with Gasteiger partial charge in [-0.15, -0.1) is 0 Å². The summed E-state index contributed by atoms with van der Waals surface area (Å²) in [5.74, 6) is 2.77. The first kappa shape index (κ1) is 13.6. The molecular formula is C18H21N3O. The standard InChI is InChI=1S/C18H21N3O/c1-5-14-16(11(3)22-20-14)13-8-10(2)17-15(9-13)19-18(21(17)4)12-6-7-12/h8-9,12H,5-7H2,1-4H3. The van der Waals surface area contributed by atoms with Crippen molar-refractivity contribution in [2.75, 3.05) is 0 Å². The fourth-order valence-electron chi connectivity index (χ4n) is 3.48. The topological polar surface area (TPSA) is 43.9 Å². The molecule has 0 spiro atoms. The molecule has 4 heteroatoms. The number of imidazole rings is 1. The van der Waals surface area contributed by atoms with Gasteiger partial charge in [-0.05, 0) is 56.4 Å². The SMILES string of the molecule is CCc1noc(C)c1-c1cc(C)c2c(c1)nc(C1CC1)n2C. The Labute approximate surface area is 130 Å². The van der Waals surface area contributed by atoms with Crippen molar-refractivity contribution in [3.05, 3.63) is 35.0 Å².